The molecule has 0 radical (unpaired) electrons. The average Bonchev–Trinajstić information content (AvgIpc) is 3.07. The molecule has 130 valence electrons. The van der Waals surface area contributed by atoms with Gasteiger partial charge in [0, 0.05) is 25.0 Å². The van der Waals surface area contributed by atoms with E-state index in [1.165, 1.54) is 0 Å². The molecule has 1 aromatic carbocycles. The smallest absolute Gasteiger partial charge is 0.119 e. The van der Waals surface area contributed by atoms with E-state index in [-0.39, 0.29) is 5.41 Å². The maximum absolute atomic E-state index is 5.50. The standard InChI is InChI=1S/C19H27N3O2/c1-4-24-16-7-5-15(6-8-16)17-13-20-18(21-17)19(2,3)14-22-9-11-23-12-10-22/h5-8,13H,4,9-12,14H2,1-3H3,(H,20,21). The van der Waals surface area contributed by atoms with Crippen LogP contribution in [0.4, 0.5) is 0 Å². The topological polar surface area (TPSA) is 50.4 Å². The van der Waals surface area contributed by atoms with Crippen LogP contribution in [-0.2, 0) is 10.2 Å². The number of H-pyrrole nitrogens is 1. The molecular weight excluding hydrogens is 302 g/mol. The van der Waals surface area contributed by atoms with Crippen LogP contribution in [0.15, 0.2) is 30.5 Å². The van der Waals surface area contributed by atoms with Crippen molar-refractivity contribution >= 4 is 0 Å². The third-order valence-corrected chi connectivity index (χ3v) is 4.42. The maximum Gasteiger partial charge on any atom is 0.119 e. The van der Waals surface area contributed by atoms with Gasteiger partial charge in [0.05, 0.1) is 31.7 Å². The lowest BCUT2D eigenvalue weighted by atomic mass is 9.91. The number of ether oxygens (including phenoxy) is 2. The number of nitrogens with zero attached hydrogens (tertiary/aromatic N) is 2. The van der Waals surface area contributed by atoms with Gasteiger partial charge in [-0.2, -0.15) is 0 Å². The first kappa shape index (κ1) is 17.0. The summed E-state index contributed by atoms with van der Waals surface area (Å²) < 4.78 is 10.9. The zero-order valence-electron chi connectivity index (χ0n) is 14.8. The highest BCUT2D eigenvalue weighted by Crippen LogP contribution is 2.26. The Labute approximate surface area is 144 Å². The third kappa shape index (κ3) is 3.97. The average molecular weight is 329 g/mol. The Bertz CT molecular complexity index is 643. The molecule has 0 amide bonds. The first-order chi connectivity index (χ1) is 11.6. The Morgan fingerprint density at radius 1 is 1.21 bits per heavy atom. The van der Waals surface area contributed by atoms with Crippen molar-refractivity contribution in [3.8, 4) is 17.0 Å². The summed E-state index contributed by atoms with van der Waals surface area (Å²) in [6, 6.07) is 8.13. The second-order valence-corrected chi connectivity index (χ2v) is 6.88. The Balaban J connectivity index is 1.71. The minimum atomic E-state index is -0.0269. The van der Waals surface area contributed by atoms with E-state index in [0.717, 1.165) is 55.7 Å². The number of rotatable bonds is 6. The zero-order chi connectivity index (χ0) is 17.0. The minimum absolute atomic E-state index is 0.0269. The fourth-order valence-corrected chi connectivity index (χ4v) is 3.10. The van der Waals surface area contributed by atoms with E-state index in [4.69, 9.17) is 9.47 Å². The van der Waals surface area contributed by atoms with Gasteiger partial charge in [-0.3, -0.25) is 4.90 Å². The molecule has 1 N–H and O–H groups in total. The van der Waals surface area contributed by atoms with E-state index in [1.54, 1.807) is 0 Å². The van der Waals surface area contributed by atoms with E-state index in [0.29, 0.717) is 6.61 Å². The molecule has 1 aliphatic heterocycles. The monoisotopic (exact) mass is 329 g/mol. The fraction of sp³-hybridized carbons (Fsp3) is 0.526. The summed E-state index contributed by atoms with van der Waals surface area (Å²) in [4.78, 5) is 10.6. The van der Waals surface area contributed by atoms with Crippen LogP contribution in [0.3, 0.4) is 0 Å². The molecule has 0 unspecified atom stereocenters. The highest BCUT2D eigenvalue weighted by Gasteiger charge is 2.28. The number of hydrogen-bond acceptors (Lipinski definition) is 4. The predicted molar refractivity (Wildman–Crippen MR) is 95.5 cm³/mol. The van der Waals surface area contributed by atoms with Gasteiger partial charge in [-0.15, -0.1) is 0 Å². The van der Waals surface area contributed by atoms with Crippen LogP contribution in [0.25, 0.3) is 11.3 Å². The number of hydrogen-bond donors (Lipinski definition) is 1. The van der Waals surface area contributed by atoms with Crippen molar-refractivity contribution in [3.05, 3.63) is 36.3 Å². The lowest BCUT2D eigenvalue weighted by Crippen LogP contribution is -2.43. The molecule has 24 heavy (non-hydrogen) atoms. The van der Waals surface area contributed by atoms with Crippen LogP contribution in [0.5, 0.6) is 5.75 Å². The molecule has 2 heterocycles. The molecule has 0 bridgehead atoms. The molecule has 0 aliphatic carbocycles. The highest BCUT2D eigenvalue weighted by molar-refractivity contribution is 5.59. The van der Waals surface area contributed by atoms with Gasteiger partial charge in [0.2, 0.25) is 0 Å². The number of morpholine rings is 1. The zero-order valence-corrected chi connectivity index (χ0v) is 14.8. The summed E-state index contributed by atoms with van der Waals surface area (Å²) in [5, 5.41) is 0. The van der Waals surface area contributed by atoms with E-state index in [9.17, 15) is 0 Å². The van der Waals surface area contributed by atoms with Gasteiger partial charge in [0.1, 0.15) is 11.6 Å². The van der Waals surface area contributed by atoms with Crippen molar-refractivity contribution in [1.82, 2.24) is 14.9 Å². The summed E-state index contributed by atoms with van der Waals surface area (Å²) in [5.74, 6) is 1.92. The Morgan fingerprint density at radius 2 is 1.92 bits per heavy atom. The lowest BCUT2D eigenvalue weighted by molar-refractivity contribution is 0.0290. The van der Waals surface area contributed by atoms with Crippen molar-refractivity contribution in [2.24, 2.45) is 0 Å². The van der Waals surface area contributed by atoms with E-state index >= 15 is 0 Å². The maximum atomic E-state index is 5.50. The van der Waals surface area contributed by atoms with Crippen LogP contribution in [0.2, 0.25) is 0 Å². The second kappa shape index (κ2) is 7.36. The second-order valence-electron chi connectivity index (χ2n) is 6.88. The Kier molecular flexibility index (Phi) is 5.21. The number of benzene rings is 1. The molecule has 0 saturated carbocycles. The van der Waals surface area contributed by atoms with Crippen molar-refractivity contribution < 1.29 is 9.47 Å². The van der Waals surface area contributed by atoms with Crippen LogP contribution >= 0.6 is 0 Å². The molecule has 0 spiro atoms. The molecule has 5 heteroatoms. The summed E-state index contributed by atoms with van der Waals surface area (Å²) >= 11 is 0. The fourth-order valence-electron chi connectivity index (χ4n) is 3.10. The molecule has 1 saturated heterocycles. The van der Waals surface area contributed by atoms with Gasteiger partial charge < -0.3 is 14.5 Å². The highest BCUT2D eigenvalue weighted by atomic mass is 16.5. The van der Waals surface area contributed by atoms with Crippen molar-refractivity contribution in [3.63, 3.8) is 0 Å². The molecule has 1 aliphatic rings. The largest absolute Gasteiger partial charge is 0.494 e. The molecule has 2 aromatic rings. The quantitative estimate of drug-likeness (QED) is 0.885. The van der Waals surface area contributed by atoms with Crippen LogP contribution < -0.4 is 4.74 Å². The molecular formula is C19H27N3O2. The van der Waals surface area contributed by atoms with Gasteiger partial charge >= 0.3 is 0 Å². The Morgan fingerprint density at radius 3 is 2.58 bits per heavy atom. The summed E-state index contributed by atoms with van der Waals surface area (Å²) in [5.41, 5.74) is 2.14. The SMILES string of the molecule is CCOc1ccc(-c2cnc(C(C)(C)CN3CCOCC3)[nH]2)cc1. The van der Waals surface area contributed by atoms with Crippen LogP contribution in [0, 0.1) is 0 Å². The molecule has 5 nitrogen and oxygen atoms in total. The van der Waals surface area contributed by atoms with E-state index in [1.807, 2.05) is 25.3 Å². The molecule has 3 rings (SSSR count). The molecule has 1 aromatic heterocycles. The van der Waals surface area contributed by atoms with Gasteiger partial charge in [0.25, 0.3) is 0 Å². The summed E-state index contributed by atoms with van der Waals surface area (Å²) in [6.45, 7) is 11.8. The van der Waals surface area contributed by atoms with E-state index < -0.39 is 0 Å². The van der Waals surface area contributed by atoms with E-state index in [2.05, 4.69) is 40.8 Å². The number of aromatic nitrogens is 2. The third-order valence-electron chi connectivity index (χ3n) is 4.42. The van der Waals surface area contributed by atoms with Gasteiger partial charge in [-0.05, 0) is 36.8 Å². The van der Waals surface area contributed by atoms with Gasteiger partial charge in [-0.1, -0.05) is 13.8 Å². The first-order valence-corrected chi connectivity index (χ1v) is 8.67. The van der Waals surface area contributed by atoms with Crippen molar-refractivity contribution in [1.29, 1.82) is 0 Å². The first-order valence-electron chi connectivity index (χ1n) is 8.67. The van der Waals surface area contributed by atoms with Crippen LogP contribution in [-0.4, -0.2) is 54.3 Å². The van der Waals surface area contributed by atoms with Gasteiger partial charge in [-0.25, -0.2) is 4.98 Å². The van der Waals surface area contributed by atoms with Crippen molar-refractivity contribution in [2.75, 3.05) is 39.5 Å². The number of imidazole rings is 1. The molecule has 1 fully saturated rings. The number of nitrogens with one attached hydrogen (secondary N) is 1. The minimum Gasteiger partial charge on any atom is -0.494 e. The summed E-state index contributed by atoms with van der Waals surface area (Å²) in [6.07, 6.45) is 1.92. The molecule has 0 atom stereocenters. The normalized spacial score (nSPS) is 16.3. The Hall–Kier alpha value is -1.85. The number of aromatic amines is 1. The van der Waals surface area contributed by atoms with Crippen LogP contribution in [0.1, 0.15) is 26.6 Å². The summed E-state index contributed by atoms with van der Waals surface area (Å²) in [7, 11) is 0. The van der Waals surface area contributed by atoms with Gasteiger partial charge in [0.15, 0.2) is 0 Å². The predicted octanol–water partition coefficient (Wildman–Crippen LogP) is 3.09. The lowest BCUT2D eigenvalue weighted by Gasteiger charge is -2.33. The van der Waals surface area contributed by atoms with Crippen molar-refractivity contribution in [2.45, 2.75) is 26.2 Å².